The number of phenols is 2. The fraction of sp³-hybridized carbons (Fsp3) is 0.125. The number of rotatable bonds is 5. The number of carboxylic acid groups (broad SMARTS) is 2. The Balaban J connectivity index is 2.75. The van der Waals surface area contributed by atoms with E-state index in [1.54, 1.807) is 6.92 Å². The number of hydrogen-bond donors (Lipinski definition) is 4. The van der Waals surface area contributed by atoms with Gasteiger partial charge in [0, 0.05) is 6.07 Å². The normalized spacial score (nSPS) is 10.4. The highest BCUT2D eigenvalue weighted by molar-refractivity contribution is 6.34. The first-order valence-electron chi connectivity index (χ1n) is 6.74. The Hall–Kier alpha value is -3.13. The lowest BCUT2D eigenvalue weighted by molar-refractivity contribution is 0.0685. The summed E-state index contributed by atoms with van der Waals surface area (Å²) in [6.45, 7) is 1.58. The van der Waals surface area contributed by atoms with E-state index in [0.29, 0.717) is 5.56 Å². The van der Waals surface area contributed by atoms with Crippen molar-refractivity contribution in [2.24, 2.45) is 0 Å². The molecule has 0 radical (unpaired) electrons. The number of aryl methyl sites for hydroxylation is 1. The molecular formula is C16H13ClO8. The lowest BCUT2D eigenvalue weighted by Gasteiger charge is -2.17. The van der Waals surface area contributed by atoms with Gasteiger partial charge in [-0.3, -0.25) is 0 Å². The fourth-order valence-electron chi connectivity index (χ4n) is 2.19. The number of ether oxygens (including phenoxy) is 2. The zero-order valence-corrected chi connectivity index (χ0v) is 13.8. The Kier molecular flexibility index (Phi) is 4.94. The second-order valence-corrected chi connectivity index (χ2v) is 5.37. The van der Waals surface area contributed by atoms with Crippen molar-refractivity contribution in [3.8, 4) is 28.7 Å². The molecule has 9 heteroatoms. The van der Waals surface area contributed by atoms with Crippen LogP contribution in [-0.4, -0.2) is 39.5 Å². The zero-order chi connectivity index (χ0) is 18.9. The van der Waals surface area contributed by atoms with Crippen molar-refractivity contribution < 1.29 is 39.5 Å². The lowest BCUT2D eigenvalue weighted by Crippen LogP contribution is -2.06. The molecule has 0 spiro atoms. The molecule has 0 unspecified atom stereocenters. The van der Waals surface area contributed by atoms with Gasteiger partial charge in [-0.2, -0.15) is 0 Å². The van der Waals surface area contributed by atoms with Gasteiger partial charge in [-0.05, 0) is 24.6 Å². The molecule has 0 saturated carbocycles. The topological polar surface area (TPSA) is 134 Å². The number of carbonyl (C=O) groups is 2. The monoisotopic (exact) mass is 368 g/mol. The summed E-state index contributed by atoms with van der Waals surface area (Å²) in [6.07, 6.45) is 0. The van der Waals surface area contributed by atoms with Crippen molar-refractivity contribution in [2.75, 3.05) is 7.11 Å². The molecule has 0 aliphatic carbocycles. The predicted octanol–water partition coefficient (Wildman–Crippen LogP) is 3.26. The number of halogens is 1. The molecule has 4 N–H and O–H groups in total. The number of benzene rings is 2. The molecule has 0 fully saturated rings. The van der Waals surface area contributed by atoms with E-state index < -0.39 is 40.3 Å². The van der Waals surface area contributed by atoms with Gasteiger partial charge in [-0.25, -0.2) is 9.59 Å². The van der Waals surface area contributed by atoms with E-state index in [-0.39, 0.29) is 16.5 Å². The molecular weight excluding hydrogens is 356 g/mol. The summed E-state index contributed by atoms with van der Waals surface area (Å²) in [5.41, 5.74) is -0.595. The third-order valence-corrected chi connectivity index (χ3v) is 3.61. The standard InChI is InChI=1S/C16H13ClO8/c1-6-3-8(18)11(16(22)23)10(4-6)25-13-7(15(20)21)5-9(19)12(17)14(13)24-2/h3-5,18-19H,1-2H3,(H,20,21)(H,22,23). The van der Waals surface area contributed by atoms with Gasteiger partial charge in [0.1, 0.15) is 33.4 Å². The first kappa shape index (κ1) is 18.2. The van der Waals surface area contributed by atoms with Gasteiger partial charge >= 0.3 is 11.9 Å². The number of aromatic carboxylic acids is 2. The van der Waals surface area contributed by atoms with Crippen LogP contribution in [0, 0.1) is 6.92 Å². The average molecular weight is 369 g/mol. The summed E-state index contributed by atoms with van der Waals surface area (Å²) in [4.78, 5) is 22.8. The molecule has 2 aromatic rings. The highest BCUT2D eigenvalue weighted by atomic mass is 35.5. The van der Waals surface area contributed by atoms with Crippen molar-refractivity contribution in [3.05, 3.63) is 39.9 Å². The van der Waals surface area contributed by atoms with Gasteiger partial charge in [0.05, 0.1) is 7.11 Å². The number of aromatic hydroxyl groups is 2. The fourth-order valence-corrected chi connectivity index (χ4v) is 2.40. The smallest absolute Gasteiger partial charge is 0.343 e. The van der Waals surface area contributed by atoms with Crippen LogP contribution in [0.2, 0.25) is 5.02 Å². The molecule has 8 nitrogen and oxygen atoms in total. The van der Waals surface area contributed by atoms with Gasteiger partial charge in [-0.1, -0.05) is 11.6 Å². The molecule has 0 aliphatic heterocycles. The van der Waals surface area contributed by atoms with E-state index in [0.717, 1.165) is 6.07 Å². The highest BCUT2D eigenvalue weighted by Crippen LogP contribution is 2.46. The maximum Gasteiger partial charge on any atom is 0.343 e. The van der Waals surface area contributed by atoms with E-state index in [4.69, 9.17) is 21.1 Å². The van der Waals surface area contributed by atoms with Crippen molar-refractivity contribution in [1.82, 2.24) is 0 Å². The SMILES string of the molecule is COc1c(Cl)c(O)cc(C(=O)O)c1Oc1cc(C)cc(O)c1C(=O)O. The second kappa shape index (κ2) is 6.78. The molecule has 25 heavy (non-hydrogen) atoms. The van der Waals surface area contributed by atoms with Gasteiger partial charge in [0.15, 0.2) is 11.5 Å². The summed E-state index contributed by atoms with van der Waals surface area (Å²) in [5, 5.41) is 37.8. The van der Waals surface area contributed by atoms with Crippen molar-refractivity contribution in [3.63, 3.8) is 0 Å². The van der Waals surface area contributed by atoms with Crippen LogP contribution in [0.15, 0.2) is 18.2 Å². The summed E-state index contributed by atoms with van der Waals surface area (Å²) in [5.74, 6) is -5.06. The first-order valence-corrected chi connectivity index (χ1v) is 7.12. The maximum absolute atomic E-state index is 11.4. The van der Waals surface area contributed by atoms with Crippen LogP contribution in [0.1, 0.15) is 26.3 Å². The van der Waals surface area contributed by atoms with Crippen LogP contribution in [0.3, 0.4) is 0 Å². The molecule has 132 valence electrons. The van der Waals surface area contributed by atoms with Gasteiger partial charge in [-0.15, -0.1) is 0 Å². The first-order chi connectivity index (χ1) is 11.7. The number of hydrogen-bond acceptors (Lipinski definition) is 6. The van der Waals surface area contributed by atoms with Gasteiger partial charge in [0.25, 0.3) is 0 Å². The van der Waals surface area contributed by atoms with Gasteiger partial charge < -0.3 is 29.9 Å². The molecule has 0 atom stereocenters. The molecule has 0 saturated heterocycles. The minimum atomic E-state index is -1.48. The minimum Gasteiger partial charge on any atom is -0.507 e. The lowest BCUT2D eigenvalue weighted by atomic mass is 10.1. The van der Waals surface area contributed by atoms with Crippen LogP contribution in [0.4, 0.5) is 0 Å². The number of methoxy groups -OCH3 is 1. The third-order valence-electron chi connectivity index (χ3n) is 3.24. The van der Waals surface area contributed by atoms with Crippen LogP contribution < -0.4 is 9.47 Å². The van der Waals surface area contributed by atoms with E-state index >= 15 is 0 Å². The summed E-state index contributed by atoms with van der Waals surface area (Å²) in [6, 6.07) is 3.36. The molecule has 0 aromatic heterocycles. The summed E-state index contributed by atoms with van der Waals surface area (Å²) in [7, 11) is 1.17. The summed E-state index contributed by atoms with van der Waals surface area (Å²) >= 11 is 5.89. The number of phenolic OH excluding ortho intramolecular Hbond substituents is 1. The molecule has 2 aromatic carbocycles. The zero-order valence-electron chi connectivity index (χ0n) is 13.0. The Morgan fingerprint density at radius 1 is 1.00 bits per heavy atom. The summed E-state index contributed by atoms with van der Waals surface area (Å²) < 4.78 is 10.4. The quantitative estimate of drug-likeness (QED) is 0.631. The highest BCUT2D eigenvalue weighted by Gasteiger charge is 2.26. The average Bonchev–Trinajstić information content (AvgIpc) is 2.49. The molecule has 0 amide bonds. The maximum atomic E-state index is 11.4. The molecule has 0 heterocycles. The van der Waals surface area contributed by atoms with Crippen LogP contribution in [0.5, 0.6) is 28.7 Å². The Labute approximate surface area is 146 Å². The van der Waals surface area contributed by atoms with Crippen LogP contribution in [0.25, 0.3) is 0 Å². The molecule has 0 bridgehead atoms. The Morgan fingerprint density at radius 2 is 1.64 bits per heavy atom. The van der Waals surface area contributed by atoms with Gasteiger partial charge in [0.2, 0.25) is 0 Å². The van der Waals surface area contributed by atoms with E-state index in [1.165, 1.54) is 19.2 Å². The molecule has 0 aliphatic rings. The van der Waals surface area contributed by atoms with E-state index in [9.17, 15) is 30.0 Å². The third kappa shape index (κ3) is 3.38. The Bertz CT molecular complexity index is 875. The van der Waals surface area contributed by atoms with Crippen LogP contribution in [-0.2, 0) is 0 Å². The second-order valence-electron chi connectivity index (χ2n) is 4.99. The van der Waals surface area contributed by atoms with Crippen LogP contribution >= 0.6 is 11.6 Å². The van der Waals surface area contributed by atoms with Crippen molar-refractivity contribution in [2.45, 2.75) is 6.92 Å². The van der Waals surface area contributed by atoms with E-state index in [2.05, 4.69) is 0 Å². The molecule has 2 rings (SSSR count). The predicted molar refractivity (Wildman–Crippen MR) is 86.5 cm³/mol. The minimum absolute atomic E-state index is 0.295. The Morgan fingerprint density at radius 3 is 2.16 bits per heavy atom. The number of carboxylic acids is 2. The van der Waals surface area contributed by atoms with Crippen molar-refractivity contribution in [1.29, 1.82) is 0 Å². The van der Waals surface area contributed by atoms with E-state index in [1.807, 2.05) is 0 Å². The largest absolute Gasteiger partial charge is 0.507 e. The van der Waals surface area contributed by atoms with Crippen molar-refractivity contribution >= 4 is 23.5 Å².